The van der Waals surface area contributed by atoms with Crippen LogP contribution in [0.1, 0.15) is 56.7 Å². The number of imidazole rings is 1. The molecule has 1 aliphatic heterocycles. The largest absolute Gasteiger partial charge is 0.456 e. The number of carbonyl (C=O) groups is 1. The van der Waals surface area contributed by atoms with E-state index in [1.165, 1.54) is 0 Å². The van der Waals surface area contributed by atoms with Crippen LogP contribution in [-0.2, 0) is 22.6 Å². The van der Waals surface area contributed by atoms with Crippen molar-refractivity contribution in [1.29, 1.82) is 0 Å². The van der Waals surface area contributed by atoms with Crippen molar-refractivity contribution in [1.82, 2.24) is 14.9 Å². The quantitative estimate of drug-likeness (QED) is 0.607. The number of benzene rings is 1. The Morgan fingerprint density at radius 2 is 2.19 bits per heavy atom. The minimum atomic E-state index is -0.513. The lowest BCUT2D eigenvalue weighted by Crippen LogP contribution is -2.32. The summed E-state index contributed by atoms with van der Waals surface area (Å²) in [5.41, 5.74) is 1.89. The van der Waals surface area contributed by atoms with Crippen molar-refractivity contribution in [2.75, 3.05) is 13.2 Å². The van der Waals surface area contributed by atoms with Crippen molar-refractivity contribution in [3.63, 3.8) is 0 Å². The number of esters is 1. The van der Waals surface area contributed by atoms with Crippen LogP contribution in [-0.4, -0.2) is 40.4 Å². The summed E-state index contributed by atoms with van der Waals surface area (Å²) in [6.45, 7) is 11.0. The maximum absolute atomic E-state index is 12.4. The fraction of sp³-hybridized carbons (Fsp3) is 0.600. The zero-order valence-corrected chi connectivity index (χ0v) is 16.2. The molecule has 0 radical (unpaired) electrons. The smallest absolute Gasteiger partial charge is 0.338 e. The molecule has 0 bridgehead atoms. The predicted molar refractivity (Wildman–Crippen MR) is 101 cm³/mol. The molecule has 142 valence electrons. The van der Waals surface area contributed by atoms with Gasteiger partial charge in [-0.15, -0.1) is 0 Å². The Labute approximate surface area is 154 Å². The molecule has 0 amide bonds. The van der Waals surface area contributed by atoms with E-state index in [4.69, 9.17) is 14.5 Å². The number of hydrogen-bond acceptors (Lipinski definition) is 5. The van der Waals surface area contributed by atoms with E-state index < -0.39 is 5.60 Å². The van der Waals surface area contributed by atoms with Crippen molar-refractivity contribution in [2.45, 2.75) is 65.3 Å². The number of ether oxygens (including phenoxy) is 2. The number of aromatic nitrogens is 2. The summed E-state index contributed by atoms with van der Waals surface area (Å²) in [6, 6.07) is 5.57. The average Bonchev–Trinajstić information content (AvgIpc) is 2.86. The summed E-state index contributed by atoms with van der Waals surface area (Å²) >= 11 is 0. The molecule has 1 aliphatic rings. The predicted octanol–water partition coefficient (Wildman–Crippen LogP) is 3.28. The third-order valence-electron chi connectivity index (χ3n) is 4.35. The Bertz CT molecular complexity index is 772. The lowest BCUT2D eigenvalue weighted by atomic mass is 10.1. The van der Waals surface area contributed by atoms with Gasteiger partial charge in [-0.1, -0.05) is 6.92 Å². The molecule has 1 fully saturated rings. The minimum Gasteiger partial charge on any atom is -0.456 e. The Morgan fingerprint density at radius 1 is 1.42 bits per heavy atom. The molecule has 1 N–H and O–H groups in total. The van der Waals surface area contributed by atoms with Crippen LogP contribution in [0.3, 0.4) is 0 Å². The Kier molecular flexibility index (Phi) is 5.63. The fourth-order valence-electron chi connectivity index (χ4n) is 2.98. The molecule has 6 nitrogen and oxygen atoms in total. The molecule has 6 heteroatoms. The summed E-state index contributed by atoms with van der Waals surface area (Å²) in [4.78, 5) is 17.2. The molecule has 2 heterocycles. The van der Waals surface area contributed by atoms with E-state index in [-0.39, 0.29) is 12.1 Å². The number of rotatable bonds is 7. The van der Waals surface area contributed by atoms with Crippen LogP contribution in [0.5, 0.6) is 0 Å². The summed E-state index contributed by atoms with van der Waals surface area (Å²) in [5.74, 6) is 0.669. The van der Waals surface area contributed by atoms with Crippen LogP contribution in [0, 0.1) is 0 Å². The van der Waals surface area contributed by atoms with Gasteiger partial charge >= 0.3 is 5.97 Å². The van der Waals surface area contributed by atoms with Crippen LogP contribution < -0.4 is 5.32 Å². The van der Waals surface area contributed by atoms with Crippen molar-refractivity contribution in [3.8, 4) is 0 Å². The normalized spacial score (nSPS) is 17.3. The lowest BCUT2D eigenvalue weighted by Gasteiger charge is -2.27. The van der Waals surface area contributed by atoms with Gasteiger partial charge in [0.25, 0.3) is 0 Å². The number of hydrogen-bond donors (Lipinski definition) is 1. The lowest BCUT2D eigenvalue weighted by molar-refractivity contribution is -0.0590. The summed E-state index contributed by atoms with van der Waals surface area (Å²) in [6.07, 6.45) is 2.37. The maximum Gasteiger partial charge on any atom is 0.338 e. The first-order valence-electron chi connectivity index (χ1n) is 9.42. The van der Waals surface area contributed by atoms with E-state index in [2.05, 4.69) is 16.8 Å². The molecule has 26 heavy (non-hydrogen) atoms. The first-order valence-corrected chi connectivity index (χ1v) is 9.42. The standard InChI is InChI=1S/C20H29N3O3/c1-5-9-21-12-18-22-16-7-6-14(19(24)26-20(2,3)4)11-17(16)23(18)13-15-8-10-25-15/h6-7,11,15,21H,5,8-10,12-13H2,1-4H3/t15-/m0/s1. The monoisotopic (exact) mass is 359 g/mol. The first kappa shape index (κ1) is 18.9. The van der Waals surface area contributed by atoms with Gasteiger partial charge in [-0.05, 0) is 58.4 Å². The van der Waals surface area contributed by atoms with E-state index in [1.807, 2.05) is 32.9 Å². The minimum absolute atomic E-state index is 0.225. The van der Waals surface area contributed by atoms with Gasteiger partial charge < -0.3 is 19.4 Å². The van der Waals surface area contributed by atoms with Crippen LogP contribution in [0.4, 0.5) is 0 Å². The third kappa shape index (κ3) is 4.43. The third-order valence-corrected chi connectivity index (χ3v) is 4.35. The molecule has 3 rings (SSSR count). The zero-order valence-electron chi connectivity index (χ0n) is 16.2. The van der Waals surface area contributed by atoms with Crippen molar-refractivity contribution >= 4 is 17.0 Å². The van der Waals surface area contributed by atoms with Crippen LogP contribution in [0.15, 0.2) is 18.2 Å². The van der Waals surface area contributed by atoms with Crippen LogP contribution in [0.25, 0.3) is 11.0 Å². The van der Waals surface area contributed by atoms with Gasteiger partial charge in [-0.25, -0.2) is 9.78 Å². The molecule has 1 atom stereocenters. The van der Waals surface area contributed by atoms with Crippen LogP contribution >= 0.6 is 0 Å². The molecular formula is C20H29N3O3. The SMILES string of the molecule is CCCNCc1nc2ccc(C(=O)OC(C)(C)C)cc2n1C[C@@H]1CCO1. The topological polar surface area (TPSA) is 65.4 Å². The Morgan fingerprint density at radius 3 is 2.81 bits per heavy atom. The number of fused-ring (bicyclic) bond motifs is 1. The number of nitrogens with zero attached hydrogens (tertiary/aromatic N) is 2. The Hall–Kier alpha value is -1.92. The molecule has 0 saturated carbocycles. The molecule has 0 unspecified atom stereocenters. The van der Waals surface area contributed by atoms with Gasteiger partial charge in [-0.2, -0.15) is 0 Å². The summed E-state index contributed by atoms with van der Waals surface area (Å²) < 4.78 is 13.3. The van der Waals surface area contributed by atoms with Gasteiger partial charge in [-0.3, -0.25) is 0 Å². The highest BCUT2D eigenvalue weighted by Crippen LogP contribution is 2.23. The molecule has 2 aromatic rings. The van der Waals surface area contributed by atoms with Crippen molar-refractivity contribution in [2.24, 2.45) is 0 Å². The number of nitrogens with one attached hydrogen (secondary N) is 1. The maximum atomic E-state index is 12.4. The molecule has 0 spiro atoms. The zero-order chi connectivity index (χ0) is 18.7. The first-order chi connectivity index (χ1) is 12.4. The van der Waals surface area contributed by atoms with Crippen molar-refractivity contribution in [3.05, 3.63) is 29.6 Å². The molecular weight excluding hydrogens is 330 g/mol. The summed E-state index contributed by atoms with van der Waals surface area (Å²) in [5, 5.41) is 3.41. The highest BCUT2D eigenvalue weighted by Gasteiger charge is 2.23. The van der Waals surface area contributed by atoms with Crippen molar-refractivity contribution < 1.29 is 14.3 Å². The number of carbonyl (C=O) groups excluding carboxylic acids is 1. The Balaban J connectivity index is 1.91. The van der Waals surface area contributed by atoms with E-state index in [1.54, 1.807) is 6.07 Å². The van der Waals surface area contributed by atoms with Gasteiger partial charge in [0.1, 0.15) is 11.4 Å². The van der Waals surface area contributed by atoms with E-state index in [0.29, 0.717) is 12.1 Å². The highest BCUT2D eigenvalue weighted by atomic mass is 16.6. The molecule has 0 aliphatic carbocycles. The second-order valence-electron chi connectivity index (χ2n) is 7.80. The van der Waals surface area contributed by atoms with E-state index >= 15 is 0 Å². The van der Waals surface area contributed by atoms with Gasteiger partial charge in [0.2, 0.25) is 0 Å². The highest BCUT2D eigenvalue weighted by molar-refractivity contribution is 5.94. The molecule has 1 aromatic heterocycles. The van der Waals surface area contributed by atoms with Crippen LogP contribution in [0.2, 0.25) is 0 Å². The molecule has 1 saturated heterocycles. The molecule has 1 aromatic carbocycles. The average molecular weight is 359 g/mol. The van der Waals surface area contributed by atoms with Gasteiger partial charge in [0.05, 0.1) is 35.8 Å². The second-order valence-corrected chi connectivity index (χ2v) is 7.80. The van der Waals surface area contributed by atoms with E-state index in [9.17, 15) is 4.79 Å². The van der Waals surface area contributed by atoms with Gasteiger partial charge in [0, 0.05) is 6.61 Å². The second kappa shape index (κ2) is 7.76. The fourth-order valence-corrected chi connectivity index (χ4v) is 2.98. The van der Waals surface area contributed by atoms with E-state index in [0.717, 1.165) is 49.4 Å². The summed E-state index contributed by atoms with van der Waals surface area (Å²) in [7, 11) is 0. The van der Waals surface area contributed by atoms with Gasteiger partial charge in [0.15, 0.2) is 0 Å².